The molecule has 0 spiro atoms. The Morgan fingerprint density at radius 3 is 1.93 bits per heavy atom. The maximum Gasteiger partial charge on any atom is 0.334 e. The van der Waals surface area contributed by atoms with Gasteiger partial charge in [0.2, 0.25) is 11.8 Å². The van der Waals surface area contributed by atoms with Crippen LogP contribution in [0.2, 0.25) is 0 Å². The molecule has 40 heavy (non-hydrogen) atoms. The number of rotatable bonds is 8. The van der Waals surface area contributed by atoms with Crippen LogP contribution in [-0.4, -0.2) is 61.0 Å². The Hall–Kier alpha value is -4.27. The number of nitrogens with two attached hydrogens (primary N) is 2. The van der Waals surface area contributed by atoms with E-state index in [2.05, 4.69) is 0 Å². The Bertz CT molecular complexity index is 1740. The largest absolute Gasteiger partial charge is 0.366 e. The number of sulfonamides is 1. The molecule has 1 unspecified atom stereocenters. The highest BCUT2D eigenvalue weighted by Crippen LogP contribution is 2.37. The first-order valence-corrected chi connectivity index (χ1v) is 14.8. The Morgan fingerprint density at radius 2 is 1.40 bits per heavy atom. The Kier molecular flexibility index (Phi) is 7.45. The first kappa shape index (κ1) is 28.7. The van der Waals surface area contributed by atoms with Crippen molar-refractivity contribution in [3.05, 3.63) is 83.4 Å². The zero-order chi connectivity index (χ0) is 29.6. The van der Waals surface area contributed by atoms with Crippen LogP contribution in [0.5, 0.6) is 0 Å². The lowest BCUT2D eigenvalue weighted by atomic mass is 9.94. The summed E-state index contributed by atoms with van der Waals surface area (Å²) >= 11 is 0. The predicted molar refractivity (Wildman–Crippen MR) is 144 cm³/mol. The normalized spacial score (nSPS) is 16.0. The Labute approximate surface area is 231 Å². The quantitative estimate of drug-likeness (QED) is 0.334. The van der Waals surface area contributed by atoms with Crippen LogP contribution in [0.1, 0.15) is 46.2 Å². The molecule has 1 aliphatic rings. The molecule has 0 aliphatic carbocycles. The van der Waals surface area contributed by atoms with Crippen LogP contribution in [0.4, 0.5) is 4.79 Å². The van der Waals surface area contributed by atoms with Gasteiger partial charge in [-0.05, 0) is 79.1 Å². The Balaban J connectivity index is 1.89. The zero-order valence-corrected chi connectivity index (χ0v) is 23.0. The molecule has 1 fully saturated rings. The van der Waals surface area contributed by atoms with Crippen molar-refractivity contribution >= 4 is 38.0 Å². The topological polar surface area (TPSA) is 198 Å². The fourth-order valence-electron chi connectivity index (χ4n) is 4.56. The molecule has 0 bridgehead atoms. The van der Waals surface area contributed by atoms with Crippen molar-refractivity contribution in [3.8, 4) is 11.1 Å². The number of benzene rings is 3. The number of hydrogen-bond donors (Lipinski definition) is 3. The van der Waals surface area contributed by atoms with Crippen molar-refractivity contribution in [3.63, 3.8) is 0 Å². The van der Waals surface area contributed by atoms with Gasteiger partial charge in [0.1, 0.15) is 0 Å². The van der Waals surface area contributed by atoms with E-state index in [1.54, 1.807) is 19.9 Å². The first-order chi connectivity index (χ1) is 18.6. The van der Waals surface area contributed by atoms with Gasteiger partial charge in [0.15, 0.2) is 0 Å². The van der Waals surface area contributed by atoms with E-state index in [-0.39, 0.29) is 33.7 Å². The Morgan fingerprint density at radius 1 is 0.850 bits per heavy atom. The molecule has 4 amide bonds. The summed E-state index contributed by atoms with van der Waals surface area (Å²) in [4.78, 5) is 38.3. The number of nitrogens with zero attached hydrogens (tertiary/aromatic N) is 2. The van der Waals surface area contributed by atoms with Gasteiger partial charge in [0.25, 0.3) is 20.1 Å². The van der Waals surface area contributed by atoms with E-state index >= 15 is 0 Å². The summed E-state index contributed by atoms with van der Waals surface area (Å²) in [5.41, 5.74) is 11.3. The van der Waals surface area contributed by atoms with Crippen LogP contribution in [0.15, 0.2) is 76.5 Å². The van der Waals surface area contributed by atoms with Crippen molar-refractivity contribution in [2.75, 3.05) is 6.54 Å². The first-order valence-electron chi connectivity index (χ1n) is 11.9. The van der Waals surface area contributed by atoms with E-state index in [1.165, 1.54) is 53.4 Å². The van der Waals surface area contributed by atoms with E-state index in [0.717, 1.165) is 16.4 Å². The van der Waals surface area contributed by atoms with Gasteiger partial charge in [0, 0.05) is 17.2 Å². The summed E-state index contributed by atoms with van der Waals surface area (Å²) in [6.07, 6.45) is 0. The average Bonchev–Trinajstić information content (AvgIpc) is 3.26. The molecular weight excluding hydrogens is 560 g/mol. The summed E-state index contributed by atoms with van der Waals surface area (Å²) in [5.74, 6) is -1.81. The maximum absolute atomic E-state index is 13.4. The van der Waals surface area contributed by atoms with E-state index in [0.29, 0.717) is 5.56 Å². The third-order valence-electron chi connectivity index (χ3n) is 6.44. The average molecular weight is 587 g/mol. The molecule has 1 heterocycles. The second-order valence-electron chi connectivity index (χ2n) is 9.44. The molecule has 0 radical (unpaired) electrons. The number of primary amides is 2. The van der Waals surface area contributed by atoms with Crippen molar-refractivity contribution in [2.24, 2.45) is 11.5 Å². The predicted octanol–water partition coefficient (Wildman–Crippen LogP) is 2.37. The number of carbonyl (C=O) groups is 3. The van der Waals surface area contributed by atoms with Crippen LogP contribution < -0.4 is 11.5 Å². The van der Waals surface area contributed by atoms with Crippen molar-refractivity contribution in [2.45, 2.75) is 35.7 Å². The molecule has 3 aromatic carbocycles. The van der Waals surface area contributed by atoms with Gasteiger partial charge in [-0.15, -0.1) is 0 Å². The molecule has 0 aromatic heterocycles. The smallest absolute Gasteiger partial charge is 0.334 e. The van der Waals surface area contributed by atoms with Crippen molar-refractivity contribution < 1.29 is 35.8 Å². The van der Waals surface area contributed by atoms with Gasteiger partial charge in [-0.3, -0.25) is 14.1 Å². The van der Waals surface area contributed by atoms with Gasteiger partial charge < -0.3 is 16.4 Å². The summed E-state index contributed by atoms with van der Waals surface area (Å²) < 4.78 is 60.8. The summed E-state index contributed by atoms with van der Waals surface area (Å²) in [6.45, 7) is 3.13. The molecule has 4 rings (SSSR count). The summed E-state index contributed by atoms with van der Waals surface area (Å²) in [7, 11) is -8.96. The molecule has 1 aliphatic heterocycles. The summed E-state index contributed by atoms with van der Waals surface area (Å²) in [5, 5.41) is 0. The molecule has 5 N–H and O–H groups in total. The van der Waals surface area contributed by atoms with Crippen LogP contribution in [0.25, 0.3) is 11.1 Å². The van der Waals surface area contributed by atoms with E-state index in [4.69, 9.17) is 11.5 Å². The maximum atomic E-state index is 13.4. The number of urea groups is 1. The molecule has 14 heteroatoms. The molecule has 0 saturated carbocycles. The van der Waals surface area contributed by atoms with Gasteiger partial charge in [-0.2, -0.15) is 8.42 Å². The zero-order valence-electron chi connectivity index (χ0n) is 21.4. The fourth-order valence-corrected chi connectivity index (χ4v) is 6.51. The van der Waals surface area contributed by atoms with Crippen LogP contribution in [0, 0.1) is 0 Å². The lowest BCUT2D eigenvalue weighted by molar-refractivity contribution is 0.0991. The van der Waals surface area contributed by atoms with Crippen molar-refractivity contribution in [1.29, 1.82) is 0 Å². The standard InChI is InChI=1S/C26H26N4O8S2/c1-15(2)30-23(14-29(26(30)33)39(34,35)21-6-4-3-5-7-21)18-8-16(9-19(11-18)24(27)31)17-10-20(25(28)32)13-22(12-17)40(36,37)38/h3-13,15,23H,14H2,1-2H3,(H2,27,31)(H2,28,32)(H,36,37,38). The molecular formula is C26H26N4O8S2. The third-order valence-corrected chi connectivity index (χ3v) is 9.03. The summed E-state index contributed by atoms with van der Waals surface area (Å²) in [6, 6.07) is 12.9. The van der Waals surface area contributed by atoms with Crippen molar-refractivity contribution in [1.82, 2.24) is 9.21 Å². The van der Waals surface area contributed by atoms with Gasteiger partial charge in [-0.25, -0.2) is 17.5 Å². The van der Waals surface area contributed by atoms with Gasteiger partial charge in [0.05, 0.1) is 22.4 Å². The second-order valence-corrected chi connectivity index (χ2v) is 12.7. The molecule has 1 atom stereocenters. The highest BCUT2D eigenvalue weighted by atomic mass is 32.2. The molecule has 1 saturated heterocycles. The van der Waals surface area contributed by atoms with Crippen LogP contribution >= 0.6 is 0 Å². The molecule has 12 nitrogen and oxygen atoms in total. The van der Waals surface area contributed by atoms with E-state index in [9.17, 15) is 35.8 Å². The second kappa shape index (κ2) is 10.4. The van der Waals surface area contributed by atoms with Crippen LogP contribution in [-0.2, 0) is 20.1 Å². The van der Waals surface area contributed by atoms with Gasteiger partial charge in [-0.1, -0.05) is 18.2 Å². The highest BCUT2D eigenvalue weighted by molar-refractivity contribution is 7.89. The van der Waals surface area contributed by atoms with Crippen LogP contribution in [0.3, 0.4) is 0 Å². The highest BCUT2D eigenvalue weighted by Gasteiger charge is 2.45. The number of carbonyl (C=O) groups excluding carboxylic acids is 3. The number of hydrogen-bond acceptors (Lipinski definition) is 7. The minimum absolute atomic E-state index is 0.0223. The third kappa shape index (κ3) is 5.41. The van der Waals surface area contributed by atoms with E-state index in [1.807, 2.05) is 0 Å². The number of amides is 4. The minimum atomic E-state index is -4.74. The SMILES string of the molecule is CC(C)N1C(=O)N(S(=O)(=O)c2ccccc2)CC1c1cc(C(N)=O)cc(-c2cc(C(N)=O)cc(S(=O)(=O)O)c2)c1. The lowest BCUT2D eigenvalue weighted by Gasteiger charge is -2.28. The monoisotopic (exact) mass is 586 g/mol. The van der Waals surface area contributed by atoms with E-state index < -0.39 is 55.0 Å². The fraction of sp³-hybridized carbons (Fsp3) is 0.192. The lowest BCUT2D eigenvalue weighted by Crippen LogP contribution is -2.39. The minimum Gasteiger partial charge on any atom is -0.366 e. The molecule has 3 aromatic rings. The van der Waals surface area contributed by atoms with Gasteiger partial charge >= 0.3 is 6.03 Å². The molecule has 210 valence electrons.